The fourth-order valence-corrected chi connectivity index (χ4v) is 4.10. The van der Waals surface area contributed by atoms with Crippen molar-refractivity contribution in [2.45, 2.75) is 42.3 Å². The second-order valence-corrected chi connectivity index (χ2v) is 8.44. The van der Waals surface area contributed by atoms with Gasteiger partial charge in [0, 0.05) is 13.0 Å². The highest BCUT2D eigenvalue weighted by Gasteiger charge is 2.36. The number of rotatable bonds is 4. The molecule has 4 rings (SSSR count). The second-order valence-electron chi connectivity index (χ2n) is 7.14. The third-order valence-electron chi connectivity index (χ3n) is 4.90. The summed E-state index contributed by atoms with van der Waals surface area (Å²) in [5, 5.41) is 10.7. The van der Waals surface area contributed by atoms with Gasteiger partial charge in [-0.1, -0.05) is 11.8 Å². The van der Waals surface area contributed by atoms with E-state index in [4.69, 9.17) is 0 Å². The third-order valence-corrected chi connectivity index (χ3v) is 6.02. The largest absolute Gasteiger partial charge is 0.416 e. The molecule has 11 heteroatoms. The zero-order valence-electron chi connectivity index (χ0n) is 15.7. The predicted molar refractivity (Wildman–Crippen MR) is 101 cm³/mol. The Labute approximate surface area is 168 Å². The van der Waals surface area contributed by atoms with Gasteiger partial charge in [-0.15, -0.1) is 10.2 Å². The molecular formula is C18H18F3N5O2S. The molecule has 1 aromatic heterocycles. The molecule has 0 radical (unpaired) electrons. The molecule has 1 atom stereocenters. The Hall–Kier alpha value is -2.56. The van der Waals surface area contributed by atoms with Gasteiger partial charge in [0.05, 0.1) is 22.2 Å². The first-order valence-electron chi connectivity index (χ1n) is 9.03. The SMILES string of the molecule is C[C@H](Sc1nnc(C2CC2)n1C)C(=O)N1CC(=O)Nc2cc(C(F)(F)F)ccc21. The summed E-state index contributed by atoms with van der Waals surface area (Å²) in [7, 11) is 1.84. The molecule has 2 amide bonds. The summed E-state index contributed by atoms with van der Waals surface area (Å²) in [6.45, 7) is 1.42. The van der Waals surface area contributed by atoms with Gasteiger partial charge in [0.15, 0.2) is 5.16 Å². The molecule has 2 aromatic rings. The van der Waals surface area contributed by atoms with Crippen LogP contribution in [0.2, 0.25) is 0 Å². The minimum atomic E-state index is -4.54. The number of nitrogens with one attached hydrogen (secondary N) is 1. The number of nitrogens with zero attached hydrogens (tertiary/aromatic N) is 4. The Bertz CT molecular complexity index is 986. The Balaban J connectivity index is 1.56. The number of alkyl halides is 3. The molecule has 154 valence electrons. The van der Waals surface area contributed by atoms with Gasteiger partial charge in [-0.05, 0) is 38.0 Å². The van der Waals surface area contributed by atoms with E-state index in [1.807, 2.05) is 11.6 Å². The van der Waals surface area contributed by atoms with Crippen molar-refractivity contribution < 1.29 is 22.8 Å². The number of amides is 2. The van der Waals surface area contributed by atoms with Crippen molar-refractivity contribution in [3.63, 3.8) is 0 Å². The van der Waals surface area contributed by atoms with E-state index in [0.717, 1.165) is 30.8 Å². The summed E-state index contributed by atoms with van der Waals surface area (Å²) in [6.07, 6.45) is -2.39. The second kappa shape index (κ2) is 7.05. The lowest BCUT2D eigenvalue weighted by atomic mass is 10.1. The summed E-state index contributed by atoms with van der Waals surface area (Å²) in [5.74, 6) is 0.363. The van der Waals surface area contributed by atoms with E-state index >= 15 is 0 Å². The monoisotopic (exact) mass is 425 g/mol. The van der Waals surface area contributed by atoms with Crippen LogP contribution in [0.3, 0.4) is 0 Å². The van der Waals surface area contributed by atoms with Crippen molar-refractivity contribution in [3.8, 4) is 0 Å². The highest BCUT2D eigenvalue weighted by atomic mass is 32.2. The van der Waals surface area contributed by atoms with Crippen molar-refractivity contribution in [2.24, 2.45) is 7.05 Å². The number of anilines is 2. The Kier molecular flexibility index (Phi) is 4.80. The molecular weight excluding hydrogens is 407 g/mol. The molecule has 0 spiro atoms. The highest BCUT2D eigenvalue weighted by molar-refractivity contribution is 8.00. The molecule has 1 N–H and O–H groups in total. The minimum Gasteiger partial charge on any atom is -0.323 e. The fourth-order valence-electron chi connectivity index (χ4n) is 3.22. The fraction of sp³-hybridized carbons (Fsp3) is 0.444. The van der Waals surface area contributed by atoms with Crippen LogP contribution in [0.25, 0.3) is 0 Å². The number of carbonyl (C=O) groups is 2. The molecule has 0 unspecified atom stereocenters. The predicted octanol–water partition coefficient (Wildman–Crippen LogP) is 3.18. The van der Waals surface area contributed by atoms with Gasteiger partial charge in [0.2, 0.25) is 11.8 Å². The molecule has 7 nitrogen and oxygen atoms in total. The first kappa shape index (κ1) is 19.7. The van der Waals surface area contributed by atoms with Crippen LogP contribution >= 0.6 is 11.8 Å². The van der Waals surface area contributed by atoms with E-state index < -0.39 is 22.9 Å². The summed E-state index contributed by atoms with van der Waals surface area (Å²) in [6, 6.07) is 2.95. The maximum absolute atomic E-state index is 13.0. The summed E-state index contributed by atoms with van der Waals surface area (Å²) in [4.78, 5) is 26.2. The van der Waals surface area contributed by atoms with E-state index in [-0.39, 0.29) is 23.8 Å². The number of halogens is 3. The van der Waals surface area contributed by atoms with Crippen LogP contribution in [0.1, 0.15) is 37.1 Å². The number of hydrogen-bond acceptors (Lipinski definition) is 5. The van der Waals surface area contributed by atoms with Gasteiger partial charge in [-0.3, -0.25) is 14.5 Å². The maximum atomic E-state index is 13.0. The molecule has 1 aliphatic carbocycles. The topological polar surface area (TPSA) is 80.1 Å². The zero-order valence-corrected chi connectivity index (χ0v) is 16.5. The normalized spacial score (nSPS) is 17.7. The van der Waals surface area contributed by atoms with Gasteiger partial charge >= 0.3 is 6.18 Å². The van der Waals surface area contributed by atoms with E-state index in [1.165, 1.54) is 22.7 Å². The van der Waals surface area contributed by atoms with Crippen LogP contribution in [-0.2, 0) is 22.8 Å². The molecule has 29 heavy (non-hydrogen) atoms. The quantitative estimate of drug-likeness (QED) is 0.762. The summed E-state index contributed by atoms with van der Waals surface area (Å²) in [5.41, 5.74) is -0.678. The number of aromatic nitrogens is 3. The lowest BCUT2D eigenvalue weighted by molar-refractivity contribution is -0.137. The average Bonchev–Trinajstić information content (AvgIpc) is 3.43. The van der Waals surface area contributed by atoms with Crippen molar-refractivity contribution >= 4 is 35.0 Å². The van der Waals surface area contributed by atoms with Gasteiger partial charge in [-0.25, -0.2) is 0 Å². The van der Waals surface area contributed by atoms with Gasteiger partial charge in [-0.2, -0.15) is 13.2 Å². The van der Waals surface area contributed by atoms with Gasteiger partial charge in [0.1, 0.15) is 12.4 Å². The zero-order chi connectivity index (χ0) is 20.9. The van der Waals surface area contributed by atoms with Gasteiger partial charge < -0.3 is 9.88 Å². The number of thioether (sulfide) groups is 1. The van der Waals surface area contributed by atoms with Crippen molar-refractivity contribution in [1.29, 1.82) is 0 Å². The van der Waals surface area contributed by atoms with E-state index in [1.54, 1.807) is 6.92 Å². The van der Waals surface area contributed by atoms with Gasteiger partial charge in [0.25, 0.3) is 0 Å². The molecule has 0 saturated heterocycles. The van der Waals surface area contributed by atoms with Crippen molar-refractivity contribution in [3.05, 3.63) is 29.6 Å². The molecule has 2 aliphatic rings. The first-order valence-corrected chi connectivity index (χ1v) is 9.91. The average molecular weight is 425 g/mol. The standard InChI is InChI=1S/C18H18F3N5O2S/c1-9(29-17-24-23-15(25(17)2)10-3-4-10)16(28)26-8-14(27)22-12-7-11(18(19,20)21)5-6-13(12)26/h5-7,9-10H,3-4,8H2,1-2H3,(H,22,27)/t9-/m0/s1. The number of fused-ring (bicyclic) bond motifs is 1. The van der Waals surface area contributed by atoms with E-state index in [9.17, 15) is 22.8 Å². The van der Waals surface area contributed by atoms with Crippen LogP contribution in [0.5, 0.6) is 0 Å². The highest BCUT2D eigenvalue weighted by Crippen LogP contribution is 2.40. The summed E-state index contributed by atoms with van der Waals surface area (Å²) < 4.78 is 40.8. The van der Waals surface area contributed by atoms with E-state index in [0.29, 0.717) is 11.1 Å². The number of hydrogen-bond donors (Lipinski definition) is 1. The maximum Gasteiger partial charge on any atom is 0.416 e. The van der Waals surface area contributed by atoms with Crippen LogP contribution in [-0.4, -0.2) is 38.4 Å². The van der Waals surface area contributed by atoms with Crippen molar-refractivity contribution in [2.75, 3.05) is 16.8 Å². The number of benzene rings is 1. The molecule has 1 aromatic carbocycles. The van der Waals surface area contributed by atoms with E-state index in [2.05, 4.69) is 15.5 Å². The molecule has 0 bridgehead atoms. The molecule has 1 fully saturated rings. The summed E-state index contributed by atoms with van der Waals surface area (Å²) >= 11 is 1.21. The smallest absolute Gasteiger partial charge is 0.323 e. The van der Waals surface area contributed by atoms with Crippen LogP contribution in [0.15, 0.2) is 23.4 Å². The van der Waals surface area contributed by atoms with Crippen LogP contribution < -0.4 is 10.2 Å². The lowest BCUT2D eigenvalue weighted by Crippen LogP contribution is -2.45. The Morgan fingerprint density at radius 2 is 2.03 bits per heavy atom. The molecule has 1 aliphatic heterocycles. The Morgan fingerprint density at radius 3 is 2.69 bits per heavy atom. The molecule has 2 heterocycles. The van der Waals surface area contributed by atoms with Crippen LogP contribution in [0.4, 0.5) is 24.5 Å². The minimum absolute atomic E-state index is 0.0312. The number of carbonyl (C=O) groups excluding carboxylic acids is 2. The molecule has 1 saturated carbocycles. The Morgan fingerprint density at radius 1 is 1.31 bits per heavy atom. The van der Waals surface area contributed by atoms with Crippen molar-refractivity contribution in [1.82, 2.24) is 14.8 Å². The lowest BCUT2D eigenvalue weighted by Gasteiger charge is -2.31. The third kappa shape index (κ3) is 3.83. The first-order chi connectivity index (χ1) is 13.6. The van der Waals surface area contributed by atoms with Crippen LogP contribution in [0, 0.1) is 0 Å².